The highest BCUT2D eigenvalue weighted by atomic mass is 19.4. The first kappa shape index (κ1) is 17.5. The van der Waals surface area contributed by atoms with Crippen LogP contribution in [0.25, 0.3) is 0 Å². The van der Waals surface area contributed by atoms with Crippen LogP contribution in [0.2, 0.25) is 0 Å². The van der Waals surface area contributed by atoms with E-state index in [-0.39, 0.29) is 0 Å². The monoisotopic (exact) mass is 303 g/mol. The molecule has 0 amide bonds. The molecule has 1 aromatic rings. The maximum Gasteiger partial charge on any atom is 0.490 e. The lowest BCUT2D eigenvalue weighted by Gasteiger charge is -2.26. The van der Waals surface area contributed by atoms with Crippen LogP contribution in [0.15, 0.2) is 30.3 Å². The molecule has 3 N–H and O–H groups in total. The second-order valence-corrected chi connectivity index (χ2v) is 5.29. The summed E-state index contributed by atoms with van der Waals surface area (Å²) in [6.07, 6.45) is 1.26. The van der Waals surface area contributed by atoms with E-state index in [4.69, 9.17) is 15.6 Å². The Hall–Kier alpha value is -1.56. The number of alkyl halides is 3. The molecule has 0 aromatic heterocycles. The molecule has 0 spiro atoms. The van der Waals surface area contributed by atoms with Gasteiger partial charge in [-0.3, -0.25) is 0 Å². The molecule has 0 bridgehead atoms. The second kappa shape index (κ2) is 8.02. The van der Waals surface area contributed by atoms with Crippen molar-refractivity contribution in [2.75, 3.05) is 0 Å². The van der Waals surface area contributed by atoms with E-state index in [0.717, 1.165) is 5.92 Å². The molecule has 118 valence electrons. The van der Waals surface area contributed by atoms with Gasteiger partial charge in [-0.1, -0.05) is 43.2 Å². The molecule has 3 nitrogen and oxygen atoms in total. The summed E-state index contributed by atoms with van der Waals surface area (Å²) in [6.45, 7) is 0. The molecule has 0 radical (unpaired) electrons. The molecule has 2 atom stereocenters. The molecule has 1 aliphatic carbocycles. The van der Waals surface area contributed by atoms with E-state index in [0.29, 0.717) is 6.04 Å². The van der Waals surface area contributed by atoms with Gasteiger partial charge in [0.05, 0.1) is 0 Å². The normalized spacial score (nSPS) is 22.1. The topological polar surface area (TPSA) is 63.3 Å². The second-order valence-electron chi connectivity index (χ2n) is 5.29. The highest BCUT2D eigenvalue weighted by Gasteiger charge is 2.38. The third-order valence-electron chi connectivity index (χ3n) is 3.43. The Morgan fingerprint density at radius 1 is 1.24 bits per heavy atom. The Kier molecular flexibility index (Phi) is 6.68. The van der Waals surface area contributed by atoms with Crippen LogP contribution in [-0.4, -0.2) is 23.3 Å². The van der Waals surface area contributed by atoms with Gasteiger partial charge in [0.25, 0.3) is 0 Å². The Balaban J connectivity index is 0.000000270. The standard InChI is InChI=1S/C13H19N.C2HF3O2/c14-13-8-4-7-12(10-13)9-11-5-2-1-3-6-11;3-2(4,5)1(6)7/h1-3,5-6,12-13H,4,7-10,14H2;(H,6,7)/t12-,13-;/m1./s1. The number of hydrogen-bond acceptors (Lipinski definition) is 2. The van der Waals surface area contributed by atoms with Crippen LogP contribution in [0.3, 0.4) is 0 Å². The fourth-order valence-electron chi connectivity index (χ4n) is 2.47. The van der Waals surface area contributed by atoms with Gasteiger partial charge in [-0.25, -0.2) is 4.79 Å². The molecule has 1 saturated carbocycles. The van der Waals surface area contributed by atoms with Crippen LogP contribution in [-0.2, 0) is 11.2 Å². The summed E-state index contributed by atoms with van der Waals surface area (Å²) >= 11 is 0. The summed E-state index contributed by atoms with van der Waals surface area (Å²) in [6, 6.07) is 11.2. The van der Waals surface area contributed by atoms with Crippen molar-refractivity contribution in [3.8, 4) is 0 Å². The summed E-state index contributed by atoms with van der Waals surface area (Å²) in [5, 5.41) is 7.12. The third-order valence-corrected chi connectivity index (χ3v) is 3.43. The number of carboxylic acids is 1. The van der Waals surface area contributed by atoms with E-state index in [1.54, 1.807) is 0 Å². The molecule has 1 aromatic carbocycles. The van der Waals surface area contributed by atoms with Crippen molar-refractivity contribution in [3.05, 3.63) is 35.9 Å². The lowest BCUT2D eigenvalue weighted by atomic mass is 9.82. The molecule has 1 aliphatic rings. The van der Waals surface area contributed by atoms with Crippen molar-refractivity contribution in [3.63, 3.8) is 0 Å². The van der Waals surface area contributed by atoms with E-state index in [1.165, 1.54) is 37.7 Å². The summed E-state index contributed by atoms with van der Waals surface area (Å²) in [7, 11) is 0. The number of halogens is 3. The molecule has 6 heteroatoms. The predicted molar refractivity (Wildman–Crippen MR) is 73.8 cm³/mol. The Bertz CT molecular complexity index is 434. The zero-order chi connectivity index (χ0) is 15.9. The molecular weight excluding hydrogens is 283 g/mol. The minimum Gasteiger partial charge on any atom is -0.475 e. The molecular formula is C15H20F3NO2. The van der Waals surface area contributed by atoms with Gasteiger partial charge in [-0.05, 0) is 30.7 Å². The Morgan fingerprint density at radius 2 is 1.81 bits per heavy atom. The molecule has 2 rings (SSSR count). The molecule has 0 aliphatic heterocycles. The van der Waals surface area contributed by atoms with Crippen molar-refractivity contribution in [2.45, 2.75) is 44.3 Å². The number of aliphatic carboxylic acids is 1. The zero-order valence-corrected chi connectivity index (χ0v) is 11.6. The number of carbonyl (C=O) groups is 1. The van der Waals surface area contributed by atoms with E-state index >= 15 is 0 Å². The third kappa shape index (κ3) is 7.13. The molecule has 0 unspecified atom stereocenters. The summed E-state index contributed by atoms with van der Waals surface area (Å²) in [5.74, 6) is -1.94. The SMILES string of the molecule is N[C@@H]1CCC[C@H](Cc2ccccc2)C1.O=C(O)C(F)(F)F. The van der Waals surface area contributed by atoms with Crippen molar-refractivity contribution < 1.29 is 23.1 Å². The van der Waals surface area contributed by atoms with Crippen LogP contribution in [0.5, 0.6) is 0 Å². The lowest BCUT2D eigenvalue weighted by molar-refractivity contribution is -0.192. The summed E-state index contributed by atoms with van der Waals surface area (Å²) < 4.78 is 31.7. The minimum atomic E-state index is -5.08. The first-order valence-corrected chi connectivity index (χ1v) is 6.88. The molecule has 0 heterocycles. The predicted octanol–water partition coefficient (Wildman–Crippen LogP) is 3.38. The van der Waals surface area contributed by atoms with E-state index in [2.05, 4.69) is 30.3 Å². The van der Waals surface area contributed by atoms with Gasteiger partial charge in [0.1, 0.15) is 0 Å². The Labute approximate surface area is 122 Å². The molecule has 21 heavy (non-hydrogen) atoms. The fourth-order valence-corrected chi connectivity index (χ4v) is 2.47. The summed E-state index contributed by atoms with van der Waals surface area (Å²) in [5.41, 5.74) is 7.44. The van der Waals surface area contributed by atoms with E-state index in [9.17, 15) is 13.2 Å². The van der Waals surface area contributed by atoms with Gasteiger partial charge in [0, 0.05) is 6.04 Å². The smallest absolute Gasteiger partial charge is 0.475 e. The minimum absolute atomic E-state index is 0.456. The Morgan fingerprint density at radius 3 is 2.29 bits per heavy atom. The average molecular weight is 303 g/mol. The average Bonchev–Trinajstić information content (AvgIpc) is 2.39. The van der Waals surface area contributed by atoms with Crippen LogP contribution in [0.1, 0.15) is 31.2 Å². The first-order valence-electron chi connectivity index (χ1n) is 6.88. The largest absolute Gasteiger partial charge is 0.490 e. The quantitative estimate of drug-likeness (QED) is 0.880. The fraction of sp³-hybridized carbons (Fsp3) is 0.533. The van der Waals surface area contributed by atoms with Crippen LogP contribution < -0.4 is 5.73 Å². The van der Waals surface area contributed by atoms with Crippen LogP contribution in [0, 0.1) is 5.92 Å². The van der Waals surface area contributed by atoms with Crippen molar-refractivity contribution >= 4 is 5.97 Å². The highest BCUT2D eigenvalue weighted by Crippen LogP contribution is 2.26. The van der Waals surface area contributed by atoms with Crippen LogP contribution >= 0.6 is 0 Å². The zero-order valence-electron chi connectivity index (χ0n) is 11.6. The van der Waals surface area contributed by atoms with Gasteiger partial charge in [-0.2, -0.15) is 13.2 Å². The summed E-state index contributed by atoms with van der Waals surface area (Å²) in [4.78, 5) is 8.90. The number of nitrogens with two attached hydrogens (primary N) is 1. The van der Waals surface area contributed by atoms with Gasteiger partial charge in [0.2, 0.25) is 0 Å². The maximum absolute atomic E-state index is 10.6. The van der Waals surface area contributed by atoms with Gasteiger partial charge in [0.15, 0.2) is 0 Å². The van der Waals surface area contributed by atoms with Gasteiger partial charge < -0.3 is 10.8 Å². The van der Waals surface area contributed by atoms with Crippen molar-refractivity contribution in [1.82, 2.24) is 0 Å². The van der Waals surface area contributed by atoms with Crippen LogP contribution in [0.4, 0.5) is 13.2 Å². The van der Waals surface area contributed by atoms with E-state index in [1.807, 2.05) is 0 Å². The van der Waals surface area contributed by atoms with Crippen molar-refractivity contribution in [1.29, 1.82) is 0 Å². The van der Waals surface area contributed by atoms with Crippen molar-refractivity contribution in [2.24, 2.45) is 11.7 Å². The first-order chi connectivity index (χ1) is 9.79. The lowest BCUT2D eigenvalue weighted by Crippen LogP contribution is -2.28. The number of hydrogen-bond donors (Lipinski definition) is 2. The molecule has 1 fully saturated rings. The number of carboxylic acid groups (broad SMARTS) is 1. The maximum atomic E-state index is 10.6. The molecule has 0 saturated heterocycles. The van der Waals surface area contributed by atoms with E-state index < -0.39 is 12.1 Å². The van der Waals surface area contributed by atoms with Gasteiger partial charge >= 0.3 is 12.1 Å². The number of benzene rings is 1. The number of rotatable bonds is 2. The highest BCUT2D eigenvalue weighted by molar-refractivity contribution is 5.73. The van der Waals surface area contributed by atoms with Gasteiger partial charge in [-0.15, -0.1) is 0 Å².